The zero-order chi connectivity index (χ0) is 15.2. The lowest BCUT2D eigenvalue weighted by Gasteiger charge is -2.42. The highest BCUT2D eigenvalue weighted by molar-refractivity contribution is 7.70. The Kier molecular flexibility index (Phi) is 3.73. The third kappa shape index (κ3) is 2.49. The maximum absolute atomic E-state index is 11.1. The zero-order valence-corrected chi connectivity index (χ0v) is 11.7. The fourth-order valence-corrected chi connectivity index (χ4v) is 4.01. The standard InChI is InChI=1S/C9H12N2O7P2/c12-9(19(13,14)15,20(16,17)18)5-7-6-10-8-3-1-2-4-11(7)8/h1-4,6-7,12H,5H2,(H3-,13,14,15,16,17,18)/p-1. The lowest BCUT2D eigenvalue weighted by molar-refractivity contribution is -0.690. The number of hydrogen-bond donors (Lipinski definition) is 3. The summed E-state index contributed by atoms with van der Waals surface area (Å²) in [5, 5.41) is 6.08. The van der Waals surface area contributed by atoms with Gasteiger partial charge in [0, 0.05) is 12.5 Å². The molecule has 11 heteroatoms. The Morgan fingerprint density at radius 2 is 1.90 bits per heavy atom. The number of aromatic nitrogens is 1. The first-order valence-corrected chi connectivity index (χ1v) is 8.56. The minimum Gasteiger partial charge on any atom is -0.776 e. The number of rotatable bonds is 4. The van der Waals surface area contributed by atoms with E-state index < -0.39 is 32.7 Å². The largest absolute Gasteiger partial charge is 0.776 e. The predicted molar refractivity (Wildman–Crippen MR) is 63.0 cm³/mol. The van der Waals surface area contributed by atoms with Crippen LogP contribution in [0.25, 0.3) is 0 Å². The van der Waals surface area contributed by atoms with Crippen molar-refractivity contribution in [1.29, 1.82) is 0 Å². The molecule has 9 nitrogen and oxygen atoms in total. The second-order valence-electron chi connectivity index (χ2n) is 4.33. The van der Waals surface area contributed by atoms with Gasteiger partial charge in [-0.1, -0.05) is 6.07 Å². The van der Waals surface area contributed by atoms with Crippen LogP contribution in [0.3, 0.4) is 0 Å². The van der Waals surface area contributed by atoms with Crippen LogP contribution in [0, 0.1) is 0 Å². The van der Waals surface area contributed by atoms with Gasteiger partial charge >= 0.3 is 5.82 Å². The van der Waals surface area contributed by atoms with Gasteiger partial charge in [0.15, 0.2) is 32.5 Å². The number of pyridine rings is 1. The molecule has 2 rings (SSSR count). The Bertz CT molecular complexity index is 627. The van der Waals surface area contributed by atoms with E-state index in [0.29, 0.717) is 5.82 Å². The predicted octanol–water partition coefficient (Wildman–Crippen LogP) is -1.64. The summed E-state index contributed by atoms with van der Waals surface area (Å²) in [5.74, 6) is 0.414. The van der Waals surface area contributed by atoms with Gasteiger partial charge in [-0.3, -0.25) is 0 Å². The van der Waals surface area contributed by atoms with Crippen LogP contribution in [0.4, 0.5) is 5.82 Å². The minimum absolute atomic E-state index is 0.414. The van der Waals surface area contributed by atoms with Crippen molar-refractivity contribution in [2.24, 2.45) is 4.99 Å². The summed E-state index contributed by atoms with van der Waals surface area (Å²) in [4.78, 5) is 44.1. The molecule has 0 bridgehead atoms. The van der Waals surface area contributed by atoms with Crippen molar-refractivity contribution in [2.75, 3.05) is 0 Å². The van der Waals surface area contributed by atoms with Crippen LogP contribution in [0.5, 0.6) is 0 Å². The molecular formula is C9H11N2O7P2-. The Labute approximate surface area is 113 Å². The lowest BCUT2D eigenvalue weighted by Crippen LogP contribution is -2.45. The first kappa shape index (κ1) is 15.5. The van der Waals surface area contributed by atoms with Crippen LogP contribution in [-0.4, -0.2) is 26.2 Å². The SMILES string of the molecule is O=P([O-])(O)C(O)(CC1C=Nc2cccc[n+]21)P(=O)([O-])O. The minimum atomic E-state index is -5.77. The van der Waals surface area contributed by atoms with Gasteiger partial charge in [-0.15, -0.1) is 0 Å². The van der Waals surface area contributed by atoms with Gasteiger partial charge in [0.1, 0.15) is 0 Å². The van der Waals surface area contributed by atoms with Crippen molar-refractivity contribution < 1.29 is 38.4 Å². The number of fused-ring (bicyclic) bond motifs is 1. The zero-order valence-electron chi connectivity index (χ0n) is 9.93. The van der Waals surface area contributed by atoms with E-state index in [9.17, 15) is 24.0 Å². The van der Waals surface area contributed by atoms with E-state index in [4.69, 9.17) is 9.79 Å². The molecule has 0 radical (unpaired) electrons. The second kappa shape index (κ2) is 4.82. The molecule has 0 aromatic carbocycles. The highest BCUT2D eigenvalue weighted by atomic mass is 31.2. The van der Waals surface area contributed by atoms with Crippen LogP contribution in [0.1, 0.15) is 12.5 Å². The first-order chi connectivity index (χ1) is 9.06. The molecule has 0 amide bonds. The van der Waals surface area contributed by atoms with Gasteiger partial charge in [-0.05, 0) is 11.1 Å². The van der Waals surface area contributed by atoms with Crippen molar-refractivity contribution in [3.05, 3.63) is 24.4 Å². The summed E-state index contributed by atoms with van der Waals surface area (Å²) >= 11 is 0. The normalized spacial score (nSPS) is 26.4. The third-order valence-electron chi connectivity index (χ3n) is 2.99. The molecule has 1 aromatic rings. The Hall–Kier alpha value is -0.920. The van der Waals surface area contributed by atoms with E-state index in [1.165, 1.54) is 17.0 Å². The maximum Gasteiger partial charge on any atom is 0.323 e. The summed E-state index contributed by atoms with van der Waals surface area (Å²) in [5.41, 5.74) is 0. The molecule has 3 N–H and O–H groups in total. The van der Waals surface area contributed by atoms with E-state index >= 15 is 0 Å². The summed E-state index contributed by atoms with van der Waals surface area (Å²) < 4.78 is 23.7. The van der Waals surface area contributed by atoms with E-state index in [2.05, 4.69) is 4.99 Å². The van der Waals surface area contributed by atoms with Gasteiger partial charge in [0.2, 0.25) is 0 Å². The third-order valence-corrected chi connectivity index (χ3v) is 6.68. The molecule has 0 aliphatic carbocycles. The molecule has 0 spiro atoms. The summed E-state index contributed by atoms with van der Waals surface area (Å²) in [6.07, 6.45) is 1.73. The number of nitrogens with zero attached hydrogens (tertiary/aromatic N) is 2. The molecule has 0 fully saturated rings. The van der Waals surface area contributed by atoms with Crippen molar-refractivity contribution in [2.45, 2.75) is 17.5 Å². The van der Waals surface area contributed by atoms with Crippen molar-refractivity contribution in [1.82, 2.24) is 0 Å². The molecular weight excluding hydrogens is 310 g/mol. The molecule has 3 atom stereocenters. The molecule has 3 unspecified atom stereocenters. The van der Waals surface area contributed by atoms with Crippen LogP contribution in [0.2, 0.25) is 0 Å². The fourth-order valence-electron chi connectivity index (χ4n) is 1.89. The molecule has 110 valence electrons. The fraction of sp³-hybridized carbons (Fsp3) is 0.333. The lowest BCUT2D eigenvalue weighted by atomic mass is 10.2. The molecule has 20 heavy (non-hydrogen) atoms. The molecule has 1 aliphatic rings. The van der Waals surface area contributed by atoms with Crippen LogP contribution in [0.15, 0.2) is 29.4 Å². The molecule has 0 saturated heterocycles. The summed E-state index contributed by atoms with van der Waals surface area (Å²) in [7, 11) is -11.5. The Morgan fingerprint density at radius 3 is 2.45 bits per heavy atom. The highest BCUT2D eigenvalue weighted by Gasteiger charge is 2.50. The Balaban J connectivity index is 2.40. The van der Waals surface area contributed by atoms with Gasteiger partial charge in [-0.2, -0.15) is 0 Å². The van der Waals surface area contributed by atoms with Crippen molar-refractivity contribution in [3.63, 3.8) is 0 Å². The highest BCUT2D eigenvalue weighted by Crippen LogP contribution is 2.65. The van der Waals surface area contributed by atoms with E-state index in [1.54, 1.807) is 18.2 Å². The van der Waals surface area contributed by atoms with Crippen LogP contribution in [-0.2, 0) is 9.13 Å². The van der Waals surface area contributed by atoms with Gasteiger partial charge in [0.25, 0.3) is 0 Å². The molecule has 2 heterocycles. The van der Waals surface area contributed by atoms with Crippen molar-refractivity contribution in [3.8, 4) is 0 Å². The smallest absolute Gasteiger partial charge is 0.323 e. The molecule has 1 aliphatic heterocycles. The quantitative estimate of drug-likeness (QED) is 0.443. The Morgan fingerprint density at radius 1 is 1.30 bits per heavy atom. The average Bonchev–Trinajstić information content (AvgIpc) is 2.70. The van der Waals surface area contributed by atoms with E-state index in [1.807, 2.05) is 0 Å². The first-order valence-electron chi connectivity index (χ1n) is 5.41. The number of hydrogen-bond acceptors (Lipinski definition) is 6. The van der Waals surface area contributed by atoms with Crippen LogP contribution >= 0.6 is 15.2 Å². The van der Waals surface area contributed by atoms with E-state index in [-0.39, 0.29) is 0 Å². The summed E-state index contributed by atoms with van der Waals surface area (Å²) in [6.45, 7) is 0. The number of aliphatic hydroxyl groups is 1. The van der Waals surface area contributed by atoms with Crippen molar-refractivity contribution >= 4 is 27.2 Å². The summed E-state index contributed by atoms with van der Waals surface area (Å²) in [6, 6.07) is 3.89. The van der Waals surface area contributed by atoms with Crippen LogP contribution < -0.4 is 14.4 Å². The average molecular weight is 321 g/mol. The topological polar surface area (TPSA) is 157 Å². The number of aliphatic imine (C=N–C) groups is 1. The van der Waals surface area contributed by atoms with Gasteiger partial charge in [0.05, 0.1) is 6.20 Å². The molecule has 1 aromatic heterocycles. The van der Waals surface area contributed by atoms with Gasteiger partial charge < -0.3 is 33.8 Å². The maximum atomic E-state index is 11.1. The second-order valence-corrected chi connectivity index (χ2v) is 8.25. The monoisotopic (exact) mass is 321 g/mol. The molecule has 0 saturated carbocycles. The van der Waals surface area contributed by atoms with E-state index in [0.717, 1.165) is 0 Å². The van der Waals surface area contributed by atoms with Gasteiger partial charge in [-0.25, -0.2) is 4.57 Å².